The number of carboxylic acids is 3. The molecule has 2 atom stereocenters. The Morgan fingerprint density at radius 3 is 1.23 bits per heavy atom. The highest BCUT2D eigenvalue weighted by Gasteiger charge is 2.26. The van der Waals surface area contributed by atoms with Gasteiger partial charge in [0.2, 0.25) is 0 Å². The first-order valence-corrected chi connectivity index (χ1v) is 10.1. The van der Waals surface area contributed by atoms with Gasteiger partial charge in [-0.05, 0) is 0 Å². The molecular formula is C18H31N4O9-3. The van der Waals surface area contributed by atoms with E-state index in [0.29, 0.717) is 0 Å². The average Bonchev–Trinajstić information content (AvgIpc) is 2.68. The van der Waals surface area contributed by atoms with Crippen molar-refractivity contribution in [1.29, 1.82) is 0 Å². The second-order valence-corrected chi connectivity index (χ2v) is 7.48. The maximum atomic E-state index is 11.1. The van der Waals surface area contributed by atoms with Crippen LogP contribution in [0.5, 0.6) is 0 Å². The Labute approximate surface area is 180 Å². The number of hydrogen-bond donors (Lipinski definition) is 3. The van der Waals surface area contributed by atoms with Crippen LogP contribution in [0.25, 0.3) is 0 Å². The summed E-state index contributed by atoms with van der Waals surface area (Å²) in [7, 11) is 0. The molecule has 1 heterocycles. The summed E-state index contributed by atoms with van der Waals surface area (Å²) in [6.45, 7) is -0.648. The molecule has 0 radical (unpaired) electrons. The Morgan fingerprint density at radius 1 is 0.645 bits per heavy atom. The highest BCUT2D eigenvalue weighted by molar-refractivity contribution is 5.67. The van der Waals surface area contributed by atoms with E-state index < -0.39 is 56.4 Å². The van der Waals surface area contributed by atoms with Crippen molar-refractivity contribution in [1.82, 2.24) is 19.6 Å². The third-order valence-corrected chi connectivity index (χ3v) is 5.22. The van der Waals surface area contributed by atoms with Gasteiger partial charge in [-0.3, -0.25) is 19.6 Å². The van der Waals surface area contributed by atoms with Crippen LogP contribution in [0.3, 0.4) is 0 Å². The van der Waals surface area contributed by atoms with Crippen molar-refractivity contribution in [3.05, 3.63) is 0 Å². The summed E-state index contributed by atoms with van der Waals surface area (Å²) in [6, 6.07) is -0.836. The van der Waals surface area contributed by atoms with Gasteiger partial charge in [-0.1, -0.05) is 0 Å². The highest BCUT2D eigenvalue weighted by atomic mass is 16.4. The largest absolute Gasteiger partial charge is 0.549 e. The molecule has 0 aromatic carbocycles. The van der Waals surface area contributed by atoms with Crippen LogP contribution in [-0.4, -0.2) is 150 Å². The molecule has 13 nitrogen and oxygen atoms in total. The summed E-state index contributed by atoms with van der Waals surface area (Å²) in [6.07, 6.45) is -1.25. The normalized spacial score (nSPS) is 21.0. The minimum absolute atomic E-state index is 0.196. The second kappa shape index (κ2) is 14.2. The molecule has 0 aromatic rings. The fourth-order valence-corrected chi connectivity index (χ4v) is 3.51. The molecule has 0 amide bonds. The third-order valence-electron chi connectivity index (χ3n) is 5.22. The van der Waals surface area contributed by atoms with Gasteiger partial charge in [-0.2, -0.15) is 0 Å². The van der Waals surface area contributed by atoms with Crippen LogP contribution in [0.4, 0.5) is 0 Å². The van der Waals surface area contributed by atoms with E-state index in [2.05, 4.69) is 0 Å². The smallest absolute Gasteiger partial charge is 0.0947 e. The van der Waals surface area contributed by atoms with Crippen molar-refractivity contribution in [2.75, 3.05) is 85.2 Å². The number of carboxylic acid groups (broad SMARTS) is 3. The first kappa shape index (κ1) is 27.2. The molecule has 180 valence electrons. The van der Waals surface area contributed by atoms with Gasteiger partial charge in [0.25, 0.3) is 0 Å². The first-order valence-electron chi connectivity index (χ1n) is 10.1. The molecule has 0 spiro atoms. The number of carbonyl (C=O) groups excluding carboxylic acids is 3. The number of hydrogen-bond acceptors (Lipinski definition) is 13. The van der Waals surface area contributed by atoms with Gasteiger partial charge >= 0.3 is 0 Å². The average molecular weight is 447 g/mol. The lowest BCUT2D eigenvalue weighted by Gasteiger charge is -2.38. The molecule has 1 saturated heterocycles. The molecule has 31 heavy (non-hydrogen) atoms. The minimum Gasteiger partial charge on any atom is -0.549 e. The number of carbonyl (C=O) groups is 3. The van der Waals surface area contributed by atoms with Gasteiger partial charge in [0.15, 0.2) is 0 Å². The molecule has 1 fully saturated rings. The maximum Gasteiger partial charge on any atom is 0.0947 e. The number of aliphatic hydroxyl groups excluding tert-OH is 3. The summed E-state index contributed by atoms with van der Waals surface area (Å²) in [5, 5.41) is 62.3. The predicted molar refractivity (Wildman–Crippen MR) is 99.9 cm³/mol. The van der Waals surface area contributed by atoms with Crippen molar-refractivity contribution >= 4 is 17.9 Å². The summed E-state index contributed by atoms with van der Waals surface area (Å²) in [4.78, 5) is 39.5. The first-order chi connectivity index (χ1) is 14.7. The standard InChI is InChI=1S/C18H34N4O9/c23-12-14(15(25)13-24)22-7-5-20(10-17(28)29)3-1-19(9-16(26)27)2-4-21(6-8-22)11-18(30)31/h14-15,23-25H,1-13H2,(H,26,27)(H,28,29)(H,30,31)/p-3/t14?,15-/m1/s1. The summed E-state index contributed by atoms with van der Waals surface area (Å²) in [5.41, 5.74) is 0. The molecule has 3 N–H and O–H groups in total. The zero-order chi connectivity index (χ0) is 23.4. The van der Waals surface area contributed by atoms with Crippen molar-refractivity contribution in [3.8, 4) is 0 Å². The predicted octanol–water partition coefficient (Wildman–Crippen LogP) is -7.83. The molecule has 1 aliphatic rings. The van der Waals surface area contributed by atoms with Crippen molar-refractivity contribution < 1.29 is 45.0 Å². The zero-order valence-corrected chi connectivity index (χ0v) is 17.4. The van der Waals surface area contributed by atoms with E-state index in [-0.39, 0.29) is 58.9 Å². The highest BCUT2D eigenvalue weighted by Crippen LogP contribution is 2.08. The fraction of sp³-hybridized carbons (Fsp3) is 0.833. The molecule has 13 heteroatoms. The van der Waals surface area contributed by atoms with Gasteiger partial charge in [0.1, 0.15) is 0 Å². The number of nitrogens with zero attached hydrogens (tertiary/aromatic N) is 4. The Hall–Kier alpha value is -1.87. The summed E-state index contributed by atoms with van der Waals surface area (Å²) in [5.74, 6) is -3.92. The van der Waals surface area contributed by atoms with Crippen LogP contribution in [0.1, 0.15) is 0 Å². The Balaban J connectivity index is 3.05. The van der Waals surface area contributed by atoms with Crippen LogP contribution in [-0.2, 0) is 14.4 Å². The third kappa shape index (κ3) is 10.8. The molecule has 0 bridgehead atoms. The lowest BCUT2D eigenvalue weighted by atomic mass is 10.1. The molecule has 0 aliphatic carbocycles. The number of aliphatic hydroxyl groups is 3. The second-order valence-electron chi connectivity index (χ2n) is 7.48. The fourth-order valence-electron chi connectivity index (χ4n) is 3.51. The monoisotopic (exact) mass is 447 g/mol. The Bertz CT molecular complexity index is 548. The van der Waals surface area contributed by atoms with Crippen LogP contribution >= 0.6 is 0 Å². The van der Waals surface area contributed by atoms with Crippen molar-refractivity contribution in [3.63, 3.8) is 0 Å². The molecular weight excluding hydrogens is 416 g/mol. The lowest BCUT2D eigenvalue weighted by Crippen LogP contribution is -2.55. The van der Waals surface area contributed by atoms with Gasteiger partial charge in [-0.15, -0.1) is 0 Å². The van der Waals surface area contributed by atoms with Crippen LogP contribution in [0, 0.1) is 0 Å². The maximum absolute atomic E-state index is 11.1. The Kier molecular flexibility index (Phi) is 12.5. The lowest BCUT2D eigenvalue weighted by molar-refractivity contribution is -0.308. The zero-order valence-electron chi connectivity index (χ0n) is 17.4. The molecule has 0 aromatic heterocycles. The molecule has 1 rings (SSSR count). The van der Waals surface area contributed by atoms with Gasteiger partial charge in [-0.25, -0.2) is 0 Å². The SMILES string of the molecule is O=C([O-])CN1CCN(CC(=O)[O-])CCN(C(CO)[C@H](O)CO)CCN(CC(=O)[O-])CC1. The minimum atomic E-state index is -1.31. The molecule has 1 unspecified atom stereocenters. The van der Waals surface area contributed by atoms with E-state index in [1.807, 2.05) is 0 Å². The Morgan fingerprint density at radius 2 is 0.968 bits per heavy atom. The van der Waals surface area contributed by atoms with Crippen LogP contribution < -0.4 is 15.3 Å². The van der Waals surface area contributed by atoms with E-state index >= 15 is 0 Å². The van der Waals surface area contributed by atoms with E-state index in [0.717, 1.165) is 0 Å². The van der Waals surface area contributed by atoms with Crippen molar-refractivity contribution in [2.45, 2.75) is 12.1 Å². The topological polar surface area (TPSA) is 194 Å². The van der Waals surface area contributed by atoms with Gasteiger partial charge in [0, 0.05) is 72.0 Å². The van der Waals surface area contributed by atoms with Gasteiger partial charge < -0.3 is 45.0 Å². The van der Waals surface area contributed by atoms with Gasteiger partial charge in [0.05, 0.1) is 43.3 Å². The molecule has 1 aliphatic heterocycles. The number of aliphatic carboxylic acids is 3. The quantitative estimate of drug-likeness (QED) is 0.286. The molecule has 0 saturated carbocycles. The summed E-state index contributed by atoms with van der Waals surface area (Å²) < 4.78 is 0. The van der Waals surface area contributed by atoms with E-state index in [4.69, 9.17) is 0 Å². The van der Waals surface area contributed by atoms with E-state index in [9.17, 15) is 45.0 Å². The van der Waals surface area contributed by atoms with Crippen LogP contribution in [0.2, 0.25) is 0 Å². The number of rotatable bonds is 10. The summed E-state index contributed by atoms with van der Waals surface area (Å²) >= 11 is 0. The van der Waals surface area contributed by atoms with Crippen LogP contribution in [0.15, 0.2) is 0 Å². The van der Waals surface area contributed by atoms with Crippen molar-refractivity contribution in [2.24, 2.45) is 0 Å². The van der Waals surface area contributed by atoms with E-state index in [1.165, 1.54) is 4.90 Å². The van der Waals surface area contributed by atoms with E-state index in [1.54, 1.807) is 14.7 Å².